The van der Waals surface area contributed by atoms with E-state index in [-0.39, 0.29) is 11.7 Å². The molecule has 2 fully saturated rings. The number of carbonyl (C=O) groups excluding carboxylic acids is 1. The number of aromatic nitrogens is 1. The lowest BCUT2D eigenvalue weighted by Gasteiger charge is -2.36. The standard InChI is InChI=1S/C23H33FN6O/c1-2-25-23(26-8-7-18-16-27-21-6-5-19(24)15-20(18)21)30-13-11-28(12-14-30)17-22(31)29-9-3-4-10-29/h5-6,15-16,27H,2-4,7-14,17H2,1H3,(H,25,26). The van der Waals surface area contributed by atoms with Gasteiger partial charge in [0.05, 0.1) is 6.54 Å². The van der Waals surface area contributed by atoms with Crippen molar-refractivity contribution in [1.29, 1.82) is 0 Å². The first-order valence-electron chi connectivity index (χ1n) is 11.4. The quantitative estimate of drug-likeness (QED) is 0.546. The summed E-state index contributed by atoms with van der Waals surface area (Å²) in [5.41, 5.74) is 2.03. The lowest BCUT2D eigenvalue weighted by atomic mass is 10.1. The number of nitrogens with one attached hydrogen (secondary N) is 2. The number of hydrogen-bond acceptors (Lipinski definition) is 3. The smallest absolute Gasteiger partial charge is 0.236 e. The Labute approximate surface area is 183 Å². The summed E-state index contributed by atoms with van der Waals surface area (Å²) < 4.78 is 13.6. The molecule has 0 aliphatic carbocycles. The predicted molar refractivity (Wildman–Crippen MR) is 122 cm³/mol. The van der Waals surface area contributed by atoms with E-state index in [1.807, 2.05) is 11.1 Å². The molecule has 0 bridgehead atoms. The van der Waals surface area contributed by atoms with Gasteiger partial charge in [-0.25, -0.2) is 4.39 Å². The average Bonchev–Trinajstić information content (AvgIpc) is 3.44. The van der Waals surface area contributed by atoms with E-state index < -0.39 is 0 Å². The molecule has 7 nitrogen and oxygen atoms in total. The third-order valence-corrected chi connectivity index (χ3v) is 6.20. The zero-order valence-corrected chi connectivity index (χ0v) is 18.4. The molecule has 1 amide bonds. The van der Waals surface area contributed by atoms with Gasteiger partial charge in [-0.1, -0.05) is 0 Å². The first kappa shape index (κ1) is 21.6. The van der Waals surface area contributed by atoms with Crippen molar-refractivity contribution < 1.29 is 9.18 Å². The minimum Gasteiger partial charge on any atom is -0.361 e. The maximum absolute atomic E-state index is 13.6. The molecule has 0 radical (unpaired) electrons. The number of guanidine groups is 1. The Kier molecular flexibility index (Phi) is 7.06. The molecule has 0 saturated carbocycles. The molecular weight excluding hydrogens is 395 g/mol. The number of piperazine rings is 1. The second-order valence-electron chi connectivity index (χ2n) is 8.34. The lowest BCUT2D eigenvalue weighted by molar-refractivity contribution is -0.131. The first-order chi connectivity index (χ1) is 15.1. The van der Waals surface area contributed by atoms with Gasteiger partial charge in [0.25, 0.3) is 0 Å². The van der Waals surface area contributed by atoms with Crippen molar-refractivity contribution in [3.63, 3.8) is 0 Å². The number of likely N-dealkylation sites (tertiary alicyclic amines) is 1. The number of halogens is 1. The Morgan fingerprint density at radius 1 is 1.13 bits per heavy atom. The predicted octanol–water partition coefficient (Wildman–Crippen LogP) is 2.05. The molecule has 0 atom stereocenters. The van der Waals surface area contributed by atoms with Gasteiger partial charge in [-0.15, -0.1) is 0 Å². The molecule has 8 heteroatoms. The number of fused-ring (bicyclic) bond motifs is 1. The van der Waals surface area contributed by atoms with Crippen LogP contribution >= 0.6 is 0 Å². The molecule has 2 aliphatic rings. The summed E-state index contributed by atoms with van der Waals surface area (Å²) in [7, 11) is 0. The second-order valence-corrected chi connectivity index (χ2v) is 8.34. The van der Waals surface area contributed by atoms with Gasteiger partial charge in [0.2, 0.25) is 5.91 Å². The largest absolute Gasteiger partial charge is 0.361 e. The normalized spacial score (nSPS) is 18.2. The molecule has 2 aliphatic heterocycles. The Hall–Kier alpha value is -2.61. The molecular formula is C23H33FN6O. The zero-order chi connectivity index (χ0) is 21.6. The summed E-state index contributed by atoms with van der Waals surface area (Å²) in [6, 6.07) is 4.83. The maximum Gasteiger partial charge on any atom is 0.236 e. The fourth-order valence-electron chi connectivity index (χ4n) is 4.44. The Morgan fingerprint density at radius 3 is 2.65 bits per heavy atom. The average molecular weight is 429 g/mol. The van der Waals surface area contributed by atoms with Gasteiger partial charge in [0.15, 0.2) is 5.96 Å². The van der Waals surface area contributed by atoms with Crippen LogP contribution in [-0.4, -0.2) is 90.5 Å². The van der Waals surface area contributed by atoms with Crippen molar-refractivity contribution in [2.75, 3.05) is 58.9 Å². The number of aliphatic imine (C=N–C) groups is 1. The Balaban J connectivity index is 1.30. The first-order valence-corrected chi connectivity index (χ1v) is 11.4. The molecule has 2 N–H and O–H groups in total. The Morgan fingerprint density at radius 2 is 1.90 bits per heavy atom. The highest BCUT2D eigenvalue weighted by atomic mass is 19.1. The molecule has 1 aromatic heterocycles. The van der Waals surface area contributed by atoms with Gasteiger partial charge in [-0.2, -0.15) is 0 Å². The number of aromatic amines is 1. The van der Waals surface area contributed by atoms with Gasteiger partial charge >= 0.3 is 0 Å². The van der Waals surface area contributed by atoms with Crippen LogP contribution in [0, 0.1) is 5.82 Å². The topological polar surface area (TPSA) is 67.0 Å². The van der Waals surface area contributed by atoms with Crippen LogP contribution in [0.5, 0.6) is 0 Å². The highest BCUT2D eigenvalue weighted by molar-refractivity contribution is 5.83. The van der Waals surface area contributed by atoms with Crippen molar-refractivity contribution in [3.8, 4) is 0 Å². The van der Waals surface area contributed by atoms with Gasteiger partial charge in [0, 0.05) is 69.5 Å². The van der Waals surface area contributed by atoms with E-state index in [0.29, 0.717) is 13.1 Å². The fourth-order valence-corrected chi connectivity index (χ4v) is 4.44. The highest BCUT2D eigenvalue weighted by Crippen LogP contribution is 2.20. The van der Waals surface area contributed by atoms with Crippen molar-refractivity contribution in [2.24, 2.45) is 4.99 Å². The number of benzene rings is 1. The van der Waals surface area contributed by atoms with Gasteiger partial charge in [0.1, 0.15) is 5.82 Å². The molecule has 3 heterocycles. The molecule has 4 rings (SSSR count). The van der Waals surface area contributed by atoms with Crippen LogP contribution in [0.4, 0.5) is 4.39 Å². The number of hydrogen-bond donors (Lipinski definition) is 2. The molecule has 168 valence electrons. The number of amides is 1. The number of nitrogens with zero attached hydrogens (tertiary/aromatic N) is 4. The Bertz CT molecular complexity index is 912. The summed E-state index contributed by atoms with van der Waals surface area (Å²) in [6.07, 6.45) is 4.97. The molecule has 2 saturated heterocycles. The van der Waals surface area contributed by atoms with Crippen LogP contribution in [0.15, 0.2) is 29.4 Å². The minimum absolute atomic E-state index is 0.216. The summed E-state index contributed by atoms with van der Waals surface area (Å²) in [5.74, 6) is 0.965. The molecule has 31 heavy (non-hydrogen) atoms. The third-order valence-electron chi connectivity index (χ3n) is 6.20. The van der Waals surface area contributed by atoms with Crippen LogP contribution in [0.1, 0.15) is 25.3 Å². The summed E-state index contributed by atoms with van der Waals surface area (Å²) in [6.45, 7) is 9.33. The zero-order valence-electron chi connectivity index (χ0n) is 18.4. The monoisotopic (exact) mass is 428 g/mol. The van der Waals surface area contributed by atoms with E-state index in [4.69, 9.17) is 4.99 Å². The van der Waals surface area contributed by atoms with Crippen LogP contribution in [0.25, 0.3) is 10.9 Å². The van der Waals surface area contributed by atoms with Crippen LogP contribution in [0.2, 0.25) is 0 Å². The third kappa shape index (κ3) is 5.36. The molecule has 0 unspecified atom stereocenters. The van der Waals surface area contributed by atoms with E-state index >= 15 is 0 Å². The SMILES string of the molecule is CCNC(=NCCc1c[nH]c2ccc(F)cc12)N1CCN(CC(=O)N2CCCC2)CC1. The second kappa shape index (κ2) is 10.1. The van der Waals surface area contributed by atoms with Crippen molar-refractivity contribution >= 4 is 22.8 Å². The lowest BCUT2D eigenvalue weighted by Crippen LogP contribution is -2.54. The fraction of sp³-hybridized carbons (Fsp3) is 0.565. The molecule has 1 aromatic carbocycles. The van der Waals surface area contributed by atoms with E-state index in [2.05, 4.69) is 27.0 Å². The van der Waals surface area contributed by atoms with E-state index in [9.17, 15) is 9.18 Å². The van der Waals surface area contributed by atoms with Crippen molar-refractivity contribution in [2.45, 2.75) is 26.2 Å². The van der Waals surface area contributed by atoms with Crippen LogP contribution in [-0.2, 0) is 11.2 Å². The van der Waals surface area contributed by atoms with Crippen LogP contribution < -0.4 is 5.32 Å². The van der Waals surface area contributed by atoms with Gasteiger partial charge in [-0.05, 0) is 49.9 Å². The van der Waals surface area contributed by atoms with E-state index in [1.54, 1.807) is 12.1 Å². The van der Waals surface area contributed by atoms with Crippen LogP contribution in [0.3, 0.4) is 0 Å². The minimum atomic E-state index is -0.216. The summed E-state index contributed by atoms with van der Waals surface area (Å²) >= 11 is 0. The van der Waals surface area contributed by atoms with Gasteiger partial charge < -0.3 is 20.1 Å². The maximum atomic E-state index is 13.6. The summed E-state index contributed by atoms with van der Waals surface area (Å²) in [5, 5.41) is 4.32. The van der Waals surface area contributed by atoms with Crippen molar-refractivity contribution in [1.82, 2.24) is 25.0 Å². The van der Waals surface area contributed by atoms with E-state index in [0.717, 1.165) is 87.5 Å². The van der Waals surface area contributed by atoms with Crippen molar-refractivity contribution in [3.05, 3.63) is 35.8 Å². The number of carbonyl (C=O) groups is 1. The molecule has 2 aromatic rings. The summed E-state index contributed by atoms with van der Waals surface area (Å²) in [4.78, 5) is 27.0. The van der Waals surface area contributed by atoms with Gasteiger partial charge in [-0.3, -0.25) is 14.7 Å². The van der Waals surface area contributed by atoms with E-state index in [1.165, 1.54) is 6.07 Å². The highest BCUT2D eigenvalue weighted by Gasteiger charge is 2.24. The number of rotatable bonds is 6. The molecule has 0 spiro atoms. The number of H-pyrrole nitrogens is 1.